The highest BCUT2D eigenvalue weighted by Crippen LogP contribution is 2.31. The lowest BCUT2D eigenvalue weighted by Gasteiger charge is -2.24. The summed E-state index contributed by atoms with van der Waals surface area (Å²) in [6.45, 7) is 5.69. The highest BCUT2D eigenvalue weighted by atomic mass is 16.6. The lowest BCUT2D eigenvalue weighted by Crippen LogP contribution is -2.42. The third-order valence-electron chi connectivity index (χ3n) is 4.15. The van der Waals surface area contributed by atoms with E-state index >= 15 is 0 Å². The Labute approximate surface area is 136 Å². The summed E-state index contributed by atoms with van der Waals surface area (Å²) < 4.78 is 16.6. The second kappa shape index (κ2) is 7.55. The van der Waals surface area contributed by atoms with E-state index in [-0.39, 0.29) is 12.1 Å². The standard InChI is InChI=1S/C17H24N2O4/c1-2-19(17(20)18-11-14-4-3-7-21-14)12-13-5-6-15-16(10-13)23-9-8-22-15/h5-6,10,14H,2-4,7-9,11-12H2,1H3,(H,18,20)/t14-/m0/s1. The van der Waals surface area contributed by atoms with Gasteiger partial charge < -0.3 is 24.4 Å². The van der Waals surface area contributed by atoms with Crippen molar-refractivity contribution in [1.82, 2.24) is 10.2 Å². The van der Waals surface area contributed by atoms with E-state index in [9.17, 15) is 4.79 Å². The number of hydrogen-bond donors (Lipinski definition) is 1. The maximum Gasteiger partial charge on any atom is 0.317 e. The van der Waals surface area contributed by atoms with Crippen LogP contribution in [0, 0.1) is 0 Å². The highest BCUT2D eigenvalue weighted by Gasteiger charge is 2.19. The van der Waals surface area contributed by atoms with Gasteiger partial charge in [0, 0.05) is 26.2 Å². The largest absolute Gasteiger partial charge is 0.486 e. The summed E-state index contributed by atoms with van der Waals surface area (Å²) in [5, 5.41) is 2.96. The van der Waals surface area contributed by atoms with Gasteiger partial charge in [0.1, 0.15) is 13.2 Å². The van der Waals surface area contributed by atoms with Crippen LogP contribution in [-0.2, 0) is 11.3 Å². The molecular weight excluding hydrogens is 296 g/mol. The number of urea groups is 1. The van der Waals surface area contributed by atoms with Crippen molar-refractivity contribution in [3.05, 3.63) is 23.8 Å². The Morgan fingerprint density at radius 3 is 2.83 bits per heavy atom. The molecule has 0 radical (unpaired) electrons. The Hall–Kier alpha value is -1.95. The molecule has 2 heterocycles. The molecule has 0 unspecified atom stereocenters. The molecule has 126 valence electrons. The second-order valence-electron chi connectivity index (χ2n) is 5.81. The van der Waals surface area contributed by atoms with Gasteiger partial charge >= 0.3 is 6.03 Å². The molecule has 2 aliphatic rings. The van der Waals surface area contributed by atoms with Gasteiger partial charge in [0.2, 0.25) is 0 Å². The van der Waals surface area contributed by atoms with Crippen molar-refractivity contribution in [2.75, 3.05) is 32.9 Å². The molecule has 6 heteroatoms. The molecule has 0 spiro atoms. The number of fused-ring (bicyclic) bond motifs is 1. The van der Waals surface area contributed by atoms with Crippen molar-refractivity contribution in [1.29, 1.82) is 0 Å². The van der Waals surface area contributed by atoms with Gasteiger partial charge in [-0.2, -0.15) is 0 Å². The first-order chi connectivity index (χ1) is 11.3. The number of rotatable bonds is 5. The van der Waals surface area contributed by atoms with E-state index in [1.165, 1.54) is 0 Å². The minimum Gasteiger partial charge on any atom is -0.486 e. The minimum absolute atomic E-state index is 0.0575. The normalized spacial score (nSPS) is 19.4. The first-order valence-electron chi connectivity index (χ1n) is 8.29. The third kappa shape index (κ3) is 4.07. The summed E-state index contributed by atoms with van der Waals surface area (Å²) in [4.78, 5) is 14.1. The Kier molecular flexibility index (Phi) is 5.23. The maximum atomic E-state index is 12.3. The van der Waals surface area contributed by atoms with Crippen molar-refractivity contribution in [2.24, 2.45) is 0 Å². The number of nitrogens with one attached hydrogen (secondary N) is 1. The van der Waals surface area contributed by atoms with Crippen LogP contribution >= 0.6 is 0 Å². The number of hydrogen-bond acceptors (Lipinski definition) is 4. The van der Waals surface area contributed by atoms with Crippen molar-refractivity contribution in [2.45, 2.75) is 32.4 Å². The molecular formula is C17H24N2O4. The van der Waals surface area contributed by atoms with Crippen LogP contribution in [0.15, 0.2) is 18.2 Å². The zero-order valence-electron chi connectivity index (χ0n) is 13.5. The van der Waals surface area contributed by atoms with Crippen LogP contribution in [0.25, 0.3) is 0 Å². The molecule has 0 saturated carbocycles. The molecule has 3 rings (SSSR count). The van der Waals surface area contributed by atoms with Crippen LogP contribution in [0.1, 0.15) is 25.3 Å². The molecule has 1 atom stereocenters. The summed E-state index contributed by atoms with van der Waals surface area (Å²) >= 11 is 0. The Bertz CT molecular complexity index is 543. The van der Waals surface area contributed by atoms with Crippen LogP contribution in [0.5, 0.6) is 11.5 Å². The monoisotopic (exact) mass is 320 g/mol. The maximum absolute atomic E-state index is 12.3. The molecule has 1 fully saturated rings. The van der Waals surface area contributed by atoms with E-state index in [1.54, 1.807) is 4.90 Å². The van der Waals surface area contributed by atoms with Crippen LogP contribution in [0.3, 0.4) is 0 Å². The van der Waals surface area contributed by atoms with Gasteiger partial charge in [0.15, 0.2) is 11.5 Å². The summed E-state index contributed by atoms with van der Waals surface area (Å²) in [5.41, 5.74) is 1.03. The Balaban J connectivity index is 1.56. The molecule has 0 aliphatic carbocycles. The van der Waals surface area contributed by atoms with Crippen LogP contribution in [0.2, 0.25) is 0 Å². The predicted octanol–water partition coefficient (Wildman–Crippen LogP) is 2.17. The van der Waals surface area contributed by atoms with Crippen molar-refractivity contribution < 1.29 is 19.0 Å². The molecule has 1 saturated heterocycles. The average Bonchev–Trinajstić information content (AvgIpc) is 3.11. The molecule has 1 aromatic carbocycles. The molecule has 0 bridgehead atoms. The molecule has 0 aromatic heterocycles. The van der Waals surface area contributed by atoms with E-state index in [0.717, 1.165) is 36.5 Å². The Morgan fingerprint density at radius 1 is 1.26 bits per heavy atom. The zero-order valence-corrected chi connectivity index (χ0v) is 13.5. The van der Waals surface area contributed by atoms with E-state index in [2.05, 4.69) is 5.32 Å². The fourth-order valence-corrected chi connectivity index (χ4v) is 2.85. The van der Waals surface area contributed by atoms with E-state index in [1.807, 2.05) is 25.1 Å². The molecule has 6 nitrogen and oxygen atoms in total. The number of amides is 2. The number of ether oxygens (including phenoxy) is 3. The minimum atomic E-state index is -0.0575. The molecule has 1 aromatic rings. The fraction of sp³-hybridized carbons (Fsp3) is 0.588. The van der Waals surface area contributed by atoms with Gasteiger partial charge in [-0.25, -0.2) is 4.79 Å². The van der Waals surface area contributed by atoms with Crippen molar-refractivity contribution in [3.8, 4) is 11.5 Å². The third-order valence-corrected chi connectivity index (χ3v) is 4.15. The van der Waals surface area contributed by atoms with E-state index in [0.29, 0.717) is 32.8 Å². The number of benzene rings is 1. The van der Waals surface area contributed by atoms with Crippen molar-refractivity contribution in [3.63, 3.8) is 0 Å². The quantitative estimate of drug-likeness (QED) is 0.903. The van der Waals surface area contributed by atoms with Crippen molar-refractivity contribution >= 4 is 6.03 Å². The molecule has 2 amide bonds. The van der Waals surface area contributed by atoms with Gasteiger partial charge in [0.25, 0.3) is 0 Å². The molecule has 2 aliphatic heterocycles. The second-order valence-corrected chi connectivity index (χ2v) is 5.81. The topological polar surface area (TPSA) is 60.0 Å². The van der Waals surface area contributed by atoms with Gasteiger partial charge in [-0.1, -0.05) is 6.07 Å². The lowest BCUT2D eigenvalue weighted by molar-refractivity contribution is 0.109. The average molecular weight is 320 g/mol. The molecule has 1 N–H and O–H groups in total. The smallest absolute Gasteiger partial charge is 0.317 e. The molecule has 23 heavy (non-hydrogen) atoms. The summed E-state index contributed by atoms with van der Waals surface area (Å²) in [6.07, 6.45) is 2.26. The van der Waals surface area contributed by atoms with E-state index < -0.39 is 0 Å². The predicted molar refractivity (Wildman–Crippen MR) is 85.9 cm³/mol. The number of nitrogens with zero attached hydrogens (tertiary/aromatic N) is 1. The summed E-state index contributed by atoms with van der Waals surface area (Å²) in [5.74, 6) is 1.52. The Morgan fingerprint density at radius 2 is 2.09 bits per heavy atom. The number of carbonyl (C=O) groups excluding carboxylic acids is 1. The zero-order chi connectivity index (χ0) is 16.1. The summed E-state index contributed by atoms with van der Waals surface area (Å²) in [6, 6.07) is 5.77. The first kappa shape index (κ1) is 15.9. The fourth-order valence-electron chi connectivity index (χ4n) is 2.85. The van der Waals surface area contributed by atoms with Gasteiger partial charge in [-0.3, -0.25) is 0 Å². The first-order valence-corrected chi connectivity index (χ1v) is 8.29. The lowest BCUT2D eigenvalue weighted by atomic mass is 10.2. The van der Waals surface area contributed by atoms with Crippen LogP contribution in [-0.4, -0.2) is 49.9 Å². The summed E-state index contributed by atoms with van der Waals surface area (Å²) in [7, 11) is 0. The van der Waals surface area contributed by atoms with Crippen LogP contribution < -0.4 is 14.8 Å². The van der Waals surface area contributed by atoms with Crippen LogP contribution in [0.4, 0.5) is 4.79 Å². The van der Waals surface area contributed by atoms with Gasteiger partial charge in [-0.15, -0.1) is 0 Å². The van der Waals surface area contributed by atoms with Gasteiger partial charge in [0.05, 0.1) is 6.10 Å². The SMILES string of the molecule is CCN(Cc1ccc2c(c1)OCCO2)C(=O)NC[C@@H]1CCCO1. The highest BCUT2D eigenvalue weighted by molar-refractivity contribution is 5.74. The number of carbonyl (C=O) groups is 1. The van der Waals surface area contributed by atoms with Gasteiger partial charge in [-0.05, 0) is 37.5 Å². The van der Waals surface area contributed by atoms with E-state index in [4.69, 9.17) is 14.2 Å².